The fraction of sp³-hybridized carbons (Fsp3) is 0.474. The molecule has 0 saturated carbocycles. The molecule has 0 unspecified atom stereocenters. The second kappa shape index (κ2) is 7.64. The molecule has 1 aliphatic heterocycles. The van der Waals surface area contributed by atoms with Crippen LogP contribution in [-0.2, 0) is 14.3 Å². The SMILES string of the molecule is CC1=C(SC(C)(C)C)C(=O)N(C(C)(C)C(=O)Nc2cccc(Br)c2)CO1. The number of hydrogen-bond donors (Lipinski definition) is 1. The van der Waals surface area contributed by atoms with Crippen LogP contribution in [0.3, 0.4) is 0 Å². The quantitative estimate of drug-likeness (QED) is 0.733. The summed E-state index contributed by atoms with van der Waals surface area (Å²) in [5, 5.41) is 2.87. The van der Waals surface area contributed by atoms with Crippen molar-refractivity contribution in [3.05, 3.63) is 39.4 Å². The van der Waals surface area contributed by atoms with Gasteiger partial charge < -0.3 is 10.1 Å². The molecule has 0 spiro atoms. The van der Waals surface area contributed by atoms with Gasteiger partial charge in [-0.05, 0) is 39.0 Å². The van der Waals surface area contributed by atoms with Crippen molar-refractivity contribution in [3.8, 4) is 0 Å². The van der Waals surface area contributed by atoms with Gasteiger partial charge in [-0.1, -0.05) is 42.8 Å². The first-order chi connectivity index (χ1) is 11.9. The molecule has 1 aromatic carbocycles. The molecule has 26 heavy (non-hydrogen) atoms. The molecule has 0 fully saturated rings. The summed E-state index contributed by atoms with van der Waals surface area (Å²) >= 11 is 4.84. The van der Waals surface area contributed by atoms with Gasteiger partial charge in [0.1, 0.15) is 16.2 Å². The number of carbonyl (C=O) groups excluding carboxylic acids is 2. The van der Waals surface area contributed by atoms with E-state index in [9.17, 15) is 9.59 Å². The second-order valence-electron chi connectivity index (χ2n) is 7.63. The zero-order valence-electron chi connectivity index (χ0n) is 16.0. The summed E-state index contributed by atoms with van der Waals surface area (Å²) in [6, 6.07) is 7.34. The van der Waals surface area contributed by atoms with E-state index < -0.39 is 5.54 Å². The number of nitrogens with zero attached hydrogens (tertiary/aromatic N) is 1. The maximum absolute atomic E-state index is 13.1. The average molecular weight is 441 g/mol. The molecule has 2 amide bonds. The van der Waals surface area contributed by atoms with Gasteiger partial charge in [-0.3, -0.25) is 14.5 Å². The standard InChI is InChI=1S/C19H25BrN2O3S/c1-12-15(26-18(2,3)4)16(23)22(11-25-12)19(5,6)17(24)21-14-9-7-8-13(20)10-14/h7-10H,11H2,1-6H3,(H,21,24). The molecule has 0 radical (unpaired) electrons. The number of rotatable bonds is 4. The predicted molar refractivity (Wildman–Crippen MR) is 110 cm³/mol. The maximum Gasteiger partial charge on any atom is 0.267 e. The van der Waals surface area contributed by atoms with Crippen molar-refractivity contribution in [1.82, 2.24) is 4.90 Å². The monoisotopic (exact) mass is 440 g/mol. The Morgan fingerprint density at radius 2 is 1.92 bits per heavy atom. The molecule has 5 nitrogen and oxygen atoms in total. The van der Waals surface area contributed by atoms with E-state index >= 15 is 0 Å². The summed E-state index contributed by atoms with van der Waals surface area (Å²) in [6.07, 6.45) is 0. The molecule has 0 saturated heterocycles. The molecular formula is C19H25BrN2O3S. The normalized spacial score (nSPS) is 15.8. The van der Waals surface area contributed by atoms with Gasteiger partial charge in [0, 0.05) is 14.9 Å². The van der Waals surface area contributed by atoms with E-state index in [1.165, 1.54) is 16.7 Å². The van der Waals surface area contributed by atoms with Crippen LogP contribution in [0.4, 0.5) is 5.69 Å². The van der Waals surface area contributed by atoms with Crippen LogP contribution in [0.2, 0.25) is 0 Å². The number of carbonyl (C=O) groups is 2. The summed E-state index contributed by atoms with van der Waals surface area (Å²) < 4.78 is 6.43. The Hall–Kier alpha value is -1.47. The number of ether oxygens (including phenoxy) is 1. The Morgan fingerprint density at radius 1 is 1.27 bits per heavy atom. The van der Waals surface area contributed by atoms with E-state index in [0.29, 0.717) is 16.4 Å². The number of nitrogens with one attached hydrogen (secondary N) is 1. The topological polar surface area (TPSA) is 58.6 Å². The molecule has 1 aromatic rings. The minimum absolute atomic E-state index is 0.0533. The van der Waals surface area contributed by atoms with Gasteiger partial charge in [0.05, 0.1) is 0 Å². The summed E-state index contributed by atoms with van der Waals surface area (Å²) in [4.78, 5) is 27.9. The van der Waals surface area contributed by atoms with Crippen molar-refractivity contribution in [2.45, 2.75) is 51.8 Å². The van der Waals surface area contributed by atoms with Crippen LogP contribution in [-0.4, -0.2) is 33.7 Å². The van der Waals surface area contributed by atoms with Crippen molar-refractivity contribution < 1.29 is 14.3 Å². The fourth-order valence-corrected chi connectivity index (χ4v) is 3.78. The molecule has 0 aliphatic carbocycles. The van der Waals surface area contributed by atoms with Crippen LogP contribution in [0.1, 0.15) is 41.5 Å². The number of allylic oxidation sites excluding steroid dienone is 1. The summed E-state index contributed by atoms with van der Waals surface area (Å²) in [7, 11) is 0. The van der Waals surface area contributed by atoms with Crippen LogP contribution in [0, 0.1) is 0 Å². The van der Waals surface area contributed by atoms with Gasteiger partial charge in [0.15, 0.2) is 6.73 Å². The van der Waals surface area contributed by atoms with Crippen LogP contribution in [0.15, 0.2) is 39.4 Å². The zero-order valence-corrected chi connectivity index (χ0v) is 18.4. The minimum Gasteiger partial charge on any atom is -0.476 e. The first-order valence-corrected chi connectivity index (χ1v) is 9.94. The molecule has 142 valence electrons. The van der Waals surface area contributed by atoms with Gasteiger partial charge >= 0.3 is 0 Å². The predicted octanol–water partition coefficient (Wildman–Crippen LogP) is 4.75. The first-order valence-electron chi connectivity index (χ1n) is 8.33. The van der Waals surface area contributed by atoms with Gasteiger partial charge in [0.2, 0.25) is 5.91 Å². The molecule has 2 rings (SSSR count). The first kappa shape index (κ1) is 20.8. The van der Waals surface area contributed by atoms with Crippen molar-refractivity contribution in [1.29, 1.82) is 0 Å². The highest BCUT2D eigenvalue weighted by atomic mass is 79.9. The van der Waals surface area contributed by atoms with Gasteiger partial charge in [-0.25, -0.2) is 0 Å². The average Bonchev–Trinajstić information content (AvgIpc) is 2.50. The van der Waals surface area contributed by atoms with Gasteiger partial charge in [0.25, 0.3) is 5.91 Å². The van der Waals surface area contributed by atoms with Crippen molar-refractivity contribution in [2.75, 3.05) is 12.0 Å². The zero-order chi connectivity index (χ0) is 19.7. The number of amides is 2. The molecule has 7 heteroatoms. The van der Waals surface area contributed by atoms with Crippen molar-refractivity contribution in [2.24, 2.45) is 0 Å². The lowest BCUT2D eigenvalue weighted by molar-refractivity contribution is -0.148. The highest BCUT2D eigenvalue weighted by Gasteiger charge is 2.42. The number of benzene rings is 1. The third kappa shape index (κ3) is 4.82. The van der Waals surface area contributed by atoms with E-state index in [0.717, 1.165) is 4.47 Å². The van der Waals surface area contributed by atoms with E-state index in [2.05, 4.69) is 21.2 Å². The van der Waals surface area contributed by atoms with E-state index in [1.54, 1.807) is 26.8 Å². The molecule has 0 bridgehead atoms. The van der Waals surface area contributed by atoms with E-state index in [1.807, 2.05) is 39.0 Å². The number of halogens is 1. The smallest absolute Gasteiger partial charge is 0.267 e. The van der Waals surface area contributed by atoms with E-state index in [4.69, 9.17) is 4.74 Å². The van der Waals surface area contributed by atoms with Crippen LogP contribution in [0.5, 0.6) is 0 Å². The van der Waals surface area contributed by atoms with E-state index in [-0.39, 0.29) is 23.3 Å². The lowest BCUT2D eigenvalue weighted by Crippen LogP contribution is -2.57. The highest BCUT2D eigenvalue weighted by Crippen LogP contribution is 2.38. The minimum atomic E-state index is -1.07. The lowest BCUT2D eigenvalue weighted by atomic mass is 10.0. The summed E-state index contributed by atoms with van der Waals surface area (Å²) in [5.74, 6) is 0.157. The van der Waals surface area contributed by atoms with Gasteiger partial charge in [-0.15, -0.1) is 11.8 Å². The Balaban J connectivity index is 2.22. The Kier molecular flexibility index (Phi) is 6.13. The maximum atomic E-state index is 13.1. The second-order valence-corrected chi connectivity index (χ2v) is 10.4. The third-order valence-corrected chi connectivity index (χ3v) is 5.66. The van der Waals surface area contributed by atoms with Crippen LogP contribution in [0.25, 0.3) is 0 Å². The van der Waals surface area contributed by atoms with Crippen LogP contribution >= 0.6 is 27.7 Å². The van der Waals surface area contributed by atoms with Crippen LogP contribution < -0.4 is 5.32 Å². The highest BCUT2D eigenvalue weighted by molar-refractivity contribution is 9.10. The summed E-state index contributed by atoms with van der Waals surface area (Å²) in [6.45, 7) is 11.4. The molecule has 1 aliphatic rings. The molecule has 0 atom stereocenters. The largest absolute Gasteiger partial charge is 0.476 e. The van der Waals surface area contributed by atoms with Gasteiger partial charge in [-0.2, -0.15) is 0 Å². The molecule has 0 aromatic heterocycles. The van der Waals surface area contributed by atoms with Crippen molar-refractivity contribution in [3.63, 3.8) is 0 Å². The third-order valence-electron chi connectivity index (χ3n) is 3.89. The molecule has 1 heterocycles. The molecule has 1 N–H and O–H groups in total. The summed E-state index contributed by atoms with van der Waals surface area (Å²) in [5.41, 5.74) is -0.400. The number of hydrogen-bond acceptors (Lipinski definition) is 4. The molecular weight excluding hydrogens is 416 g/mol. The Labute approximate surface area is 167 Å². The Bertz CT molecular complexity index is 753. The van der Waals surface area contributed by atoms with Crippen molar-refractivity contribution >= 4 is 45.2 Å². The Morgan fingerprint density at radius 3 is 2.50 bits per heavy atom. The number of anilines is 1. The fourth-order valence-electron chi connectivity index (χ4n) is 2.37. The number of thioether (sulfide) groups is 1. The lowest BCUT2D eigenvalue weighted by Gasteiger charge is -2.40.